The lowest BCUT2D eigenvalue weighted by Crippen LogP contribution is -2.15. The second kappa shape index (κ2) is 4.49. The lowest BCUT2D eigenvalue weighted by Gasteiger charge is -2.14. The van der Waals surface area contributed by atoms with E-state index >= 15 is 0 Å². The van der Waals surface area contributed by atoms with Gasteiger partial charge in [0.2, 0.25) is 0 Å². The molecule has 0 saturated carbocycles. The minimum atomic E-state index is 0.277. The Balaban J connectivity index is 2.40. The maximum Gasteiger partial charge on any atom is 0.0953 e. The number of nitrogens with zero attached hydrogens (tertiary/aromatic N) is 2. The van der Waals surface area contributed by atoms with Crippen LogP contribution < -0.4 is 5.73 Å². The Kier molecular flexibility index (Phi) is 3.06. The number of hydrogen-bond donors (Lipinski definition) is 1. The molecule has 0 aliphatic heterocycles. The summed E-state index contributed by atoms with van der Waals surface area (Å²) >= 11 is 0. The van der Waals surface area contributed by atoms with Crippen LogP contribution in [-0.4, -0.2) is 16.1 Å². The lowest BCUT2D eigenvalue weighted by molar-refractivity contribution is 0.563. The van der Waals surface area contributed by atoms with E-state index in [-0.39, 0.29) is 6.04 Å². The molecule has 0 fully saturated rings. The summed E-state index contributed by atoms with van der Waals surface area (Å²) < 4.78 is 2.12. The smallest absolute Gasteiger partial charge is 0.0953 e. The number of benzene rings is 1. The molecule has 2 aromatic rings. The van der Waals surface area contributed by atoms with Gasteiger partial charge in [0.25, 0.3) is 0 Å². The zero-order valence-corrected chi connectivity index (χ0v) is 9.72. The van der Waals surface area contributed by atoms with E-state index in [9.17, 15) is 0 Å². The number of hydrogen-bond acceptors (Lipinski definition) is 2. The molecule has 0 amide bonds. The number of nitrogens with two attached hydrogens (primary N) is 1. The Morgan fingerprint density at radius 2 is 2.00 bits per heavy atom. The van der Waals surface area contributed by atoms with Gasteiger partial charge in [0.05, 0.1) is 18.2 Å². The van der Waals surface area contributed by atoms with Crippen molar-refractivity contribution in [2.24, 2.45) is 5.73 Å². The number of rotatable bonds is 3. The highest BCUT2D eigenvalue weighted by Gasteiger charge is 2.09. The van der Waals surface area contributed by atoms with Crippen LogP contribution in [0, 0.1) is 6.92 Å². The minimum Gasteiger partial charge on any atom is -0.328 e. The highest BCUT2D eigenvalue weighted by Crippen LogP contribution is 2.22. The second-order valence-electron chi connectivity index (χ2n) is 4.14. The summed E-state index contributed by atoms with van der Waals surface area (Å²) in [6.45, 7) is 4.80. The van der Waals surface area contributed by atoms with Gasteiger partial charge in [-0.2, -0.15) is 0 Å². The molecule has 1 atom stereocenters. The van der Waals surface area contributed by atoms with Crippen molar-refractivity contribution in [1.29, 1.82) is 0 Å². The SMILES string of the molecule is Cc1ccc(-c2cncn2C(C)CN)cc1. The predicted octanol–water partition coefficient (Wildman–Crippen LogP) is 2.38. The summed E-state index contributed by atoms with van der Waals surface area (Å²) in [4.78, 5) is 4.20. The molecule has 0 saturated heterocycles. The van der Waals surface area contributed by atoms with Crippen molar-refractivity contribution in [3.05, 3.63) is 42.4 Å². The van der Waals surface area contributed by atoms with E-state index in [1.54, 1.807) is 0 Å². The molecule has 16 heavy (non-hydrogen) atoms. The first-order valence-electron chi connectivity index (χ1n) is 5.51. The monoisotopic (exact) mass is 215 g/mol. The van der Waals surface area contributed by atoms with Gasteiger partial charge in [-0.1, -0.05) is 29.8 Å². The van der Waals surface area contributed by atoms with Gasteiger partial charge < -0.3 is 10.3 Å². The molecule has 0 bridgehead atoms. The summed E-state index contributed by atoms with van der Waals surface area (Å²) in [7, 11) is 0. The van der Waals surface area contributed by atoms with Crippen molar-refractivity contribution in [3.63, 3.8) is 0 Å². The molecule has 2 rings (SSSR count). The maximum absolute atomic E-state index is 5.69. The van der Waals surface area contributed by atoms with Crippen molar-refractivity contribution >= 4 is 0 Å². The summed E-state index contributed by atoms with van der Waals surface area (Å²) in [5.41, 5.74) is 9.26. The van der Waals surface area contributed by atoms with Gasteiger partial charge in [-0.25, -0.2) is 4.98 Å². The molecular weight excluding hydrogens is 198 g/mol. The van der Waals surface area contributed by atoms with E-state index in [2.05, 4.69) is 47.7 Å². The fourth-order valence-electron chi connectivity index (χ4n) is 1.72. The Morgan fingerprint density at radius 1 is 1.31 bits per heavy atom. The fourth-order valence-corrected chi connectivity index (χ4v) is 1.72. The first-order valence-corrected chi connectivity index (χ1v) is 5.51. The second-order valence-corrected chi connectivity index (χ2v) is 4.14. The summed E-state index contributed by atoms with van der Waals surface area (Å²) in [6.07, 6.45) is 3.73. The number of aryl methyl sites for hydroxylation is 1. The van der Waals surface area contributed by atoms with Crippen LogP contribution in [-0.2, 0) is 0 Å². The quantitative estimate of drug-likeness (QED) is 0.854. The molecule has 0 radical (unpaired) electrons. The molecule has 1 unspecified atom stereocenters. The minimum absolute atomic E-state index is 0.277. The largest absolute Gasteiger partial charge is 0.328 e. The van der Waals surface area contributed by atoms with Crippen LogP contribution in [0.1, 0.15) is 18.5 Å². The molecule has 1 heterocycles. The molecule has 0 spiro atoms. The summed E-state index contributed by atoms with van der Waals surface area (Å²) in [5.74, 6) is 0. The van der Waals surface area contributed by atoms with Crippen LogP contribution in [0.5, 0.6) is 0 Å². The van der Waals surface area contributed by atoms with Crippen molar-refractivity contribution in [2.45, 2.75) is 19.9 Å². The van der Waals surface area contributed by atoms with E-state index in [0.717, 1.165) is 5.69 Å². The van der Waals surface area contributed by atoms with Crippen LogP contribution in [0.3, 0.4) is 0 Å². The van der Waals surface area contributed by atoms with Crippen molar-refractivity contribution in [1.82, 2.24) is 9.55 Å². The third-order valence-electron chi connectivity index (χ3n) is 2.83. The average Bonchev–Trinajstić information content (AvgIpc) is 2.78. The van der Waals surface area contributed by atoms with Crippen molar-refractivity contribution in [2.75, 3.05) is 6.54 Å². The highest BCUT2D eigenvalue weighted by molar-refractivity contribution is 5.59. The van der Waals surface area contributed by atoms with Gasteiger partial charge in [-0.15, -0.1) is 0 Å². The van der Waals surface area contributed by atoms with Crippen molar-refractivity contribution in [3.8, 4) is 11.3 Å². The molecule has 3 heteroatoms. The molecule has 2 N–H and O–H groups in total. The Bertz CT molecular complexity index is 456. The van der Waals surface area contributed by atoms with Gasteiger partial charge in [-0.3, -0.25) is 0 Å². The topological polar surface area (TPSA) is 43.8 Å². The van der Waals surface area contributed by atoms with Crippen LogP contribution >= 0.6 is 0 Å². The van der Waals surface area contributed by atoms with Crippen LogP contribution in [0.2, 0.25) is 0 Å². The van der Waals surface area contributed by atoms with Crippen molar-refractivity contribution < 1.29 is 0 Å². The molecule has 3 nitrogen and oxygen atoms in total. The van der Waals surface area contributed by atoms with Crippen LogP contribution in [0.15, 0.2) is 36.8 Å². The molecule has 84 valence electrons. The summed E-state index contributed by atoms with van der Waals surface area (Å²) in [6, 6.07) is 8.73. The van der Waals surface area contributed by atoms with E-state index in [1.165, 1.54) is 11.1 Å². The van der Waals surface area contributed by atoms with Gasteiger partial charge in [-0.05, 0) is 19.4 Å². The molecule has 1 aromatic heterocycles. The molecule has 1 aromatic carbocycles. The van der Waals surface area contributed by atoms with E-state index in [0.29, 0.717) is 6.54 Å². The zero-order valence-electron chi connectivity index (χ0n) is 9.72. The normalized spacial score (nSPS) is 12.7. The first-order chi connectivity index (χ1) is 7.72. The van der Waals surface area contributed by atoms with E-state index < -0.39 is 0 Å². The lowest BCUT2D eigenvalue weighted by atomic mass is 10.1. The zero-order chi connectivity index (χ0) is 11.5. The number of imidazole rings is 1. The highest BCUT2D eigenvalue weighted by atomic mass is 15.1. The molecule has 0 aliphatic rings. The Morgan fingerprint density at radius 3 is 2.62 bits per heavy atom. The average molecular weight is 215 g/mol. The van der Waals surface area contributed by atoms with Crippen LogP contribution in [0.25, 0.3) is 11.3 Å². The Hall–Kier alpha value is -1.61. The third kappa shape index (κ3) is 1.99. The van der Waals surface area contributed by atoms with Gasteiger partial charge in [0, 0.05) is 12.6 Å². The molecule has 0 aliphatic carbocycles. The van der Waals surface area contributed by atoms with Crippen LogP contribution in [0.4, 0.5) is 0 Å². The molecular formula is C13H17N3. The standard InChI is InChI=1S/C13H17N3/c1-10-3-5-12(6-4-10)13-8-15-9-16(13)11(2)7-14/h3-6,8-9,11H,7,14H2,1-2H3. The maximum atomic E-state index is 5.69. The van der Waals surface area contributed by atoms with Gasteiger partial charge in [0.15, 0.2) is 0 Å². The van der Waals surface area contributed by atoms with Gasteiger partial charge in [0.1, 0.15) is 0 Å². The number of aromatic nitrogens is 2. The predicted molar refractivity (Wildman–Crippen MR) is 66.2 cm³/mol. The Labute approximate surface area is 95.9 Å². The van der Waals surface area contributed by atoms with E-state index in [1.807, 2.05) is 12.5 Å². The van der Waals surface area contributed by atoms with E-state index in [4.69, 9.17) is 5.73 Å². The first kappa shape index (κ1) is 10.9. The fraction of sp³-hybridized carbons (Fsp3) is 0.308. The third-order valence-corrected chi connectivity index (χ3v) is 2.83. The summed E-state index contributed by atoms with van der Waals surface area (Å²) in [5, 5.41) is 0. The van der Waals surface area contributed by atoms with Gasteiger partial charge >= 0.3 is 0 Å².